The molecule has 1 aromatic heterocycles. The van der Waals surface area contributed by atoms with E-state index in [1.807, 2.05) is 12.1 Å². The van der Waals surface area contributed by atoms with Gasteiger partial charge in [0.1, 0.15) is 11.3 Å². The number of carbonyl (C=O) groups is 2. The maximum absolute atomic E-state index is 12.6. The summed E-state index contributed by atoms with van der Waals surface area (Å²) in [5.41, 5.74) is 1.62. The van der Waals surface area contributed by atoms with Crippen molar-refractivity contribution in [1.29, 1.82) is 0 Å². The predicted octanol–water partition coefficient (Wildman–Crippen LogP) is 3.77. The van der Waals surface area contributed by atoms with Crippen molar-refractivity contribution in [2.24, 2.45) is 0 Å². The Balaban J connectivity index is 1.76. The molecule has 0 saturated heterocycles. The van der Waals surface area contributed by atoms with Gasteiger partial charge in [-0.3, -0.25) is 4.79 Å². The number of rotatable bonds is 7. The van der Waals surface area contributed by atoms with E-state index in [-0.39, 0.29) is 12.4 Å². The van der Waals surface area contributed by atoms with Crippen molar-refractivity contribution >= 4 is 28.5 Å². The Morgan fingerprint density at radius 3 is 2.54 bits per heavy atom. The van der Waals surface area contributed by atoms with Crippen LogP contribution in [0.1, 0.15) is 23.0 Å². The zero-order valence-corrected chi connectivity index (χ0v) is 15.9. The number of para-hydroxylation sites is 3. The highest BCUT2D eigenvalue weighted by Crippen LogP contribution is 2.28. The standard InChI is InChI=1S/C21H21NO6/c1-13(20(23)22-16-9-5-7-11-18(16)26-3)27-21(24)19-15(12-25-2)14-8-4-6-10-17(14)28-19/h4-11,13H,12H2,1-3H3,(H,22,23)/t13-/m1/s1. The molecule has 0 aliphatic heterocycles. The lowest BCUT2D eigenvalue weighted by atomic mass is 10.1. The molecule has 28 heavy (non-hydrogen) atoms. The third-order valence-corrected chi connectivity index (χ3v) is 4.19. The molecule has 3 rings (SSSR count). The molecule has 0 fully saturated rings. The van der Waals surface area contributed by atoms with E-state index in [4.69, 9.17) is 18.6 Å². The second-order valence-electron chi connectivity index (χ2n) is 6.08. The molecule has 1 amide bonds. The van der Waals surface area contributed by atoms with Crippen LogP contribution in [0.15, 0.2) is 52.9 Å². The highest BCUT2D eigenvalue weighted by Gasteiger charge is 2.26. The maximum atomic E-state index is 12.6. The van der Waals surface area contributed by atoms with Gasteiger partial charge >= 0.3 is 5.97 Å². The largest absolute Gasteiger partial charge is 0.495 e. The minimum absolute atomic E-state index is 0.0278. The summed E-state index contributed by atoms with van der Waals surface area (Å²) in [5.74, 6) is -0.679. The normalized spacial score (nSPS) is 11.8. The van der Waals surface area contributed by atoms with Crippen molar-refractivity contribution < 1.29 is 28.2 Å². The lowest BCUT2D eigenvalue weighted by Crippen LogP contribution is -2.30. The Bertz CT molecular complexity index is 993. The molecular formula is C21H21NO6. The fraction of sp³-hybridized carbons (Fsp3) is 0.238. The molecule has 0 spiro atoms. The number of nitrogens with one attached hydrogen (secondary N) is 1. The number of benzene rings is 2. The summed E-state index contributed by atoms with van der Waals surface area (Å²) in [6.07, 6.45) is -1.04. The van der Waals surface area contributed by atoms with Gasteiger partial charge in [-0.2, -0.15) is 0 Å². The van der Waals surface area contributed by atoms with Crippen LogP contribution in [0.3, 0.4) is 0 Å². The highest BCUT2D eigenvalue weighted by atomic mass is 16.6. The summed E-state index contributed by atoms with van der Waals surface area (Å²) in [7, 11) is 3.04. The first kappa shape index (κ1) is 19.4. The average molecular weight is 383 g/mol. The molecule has 1 N–H and O–H groups in total. The number of hydrogen-bond acceptors (Lipinski definition) is 6. The zero-order valence-electron chi connectivity index (χ0n) is 15.9. The van der Waals surface area contributed by atoms with E-state index in [1.165, 1.54) is 21.1 Å². The molecule has 7 nitrogen and oxygen atoms in total. The summed E-state index contributed by atoms with van der Waals surface area (Å²) in [5, 5.41) is 3.45. The Hall–Kier alpha value is -3.32. The van der Waals surface area contributed by atoms with Crippen LogP contribution in [0.2, 0.25) is 0 Å². The number of hydrogen-bond donors (Lipinski definition) is 1. The van der Waals surface area contributed by atoms with Gasteiger partial charge < -0.3 is 23.9 Å². The van der Waals surface area contributed by atoms with Crippen molar-refractivity contribution in [2.75, 3.05) is 19.5 Å². The van der Waals surface area contributed by atoms with Crippen LogP contribution in [0, 0.1) is 0 Å². The molecule has 7 heteroatoms. The van der Waals surface area contributed by atoms with Gasteiger partial charge in [-0.15, -0.1) is 0 Å². The molecule has 1 heterocycles. The fourth-order valence-corrected chi connectivity index (χ4v) is 2.80. The molecule has 1 atom stereocenters. The summed E-state index contributed by atoms with van der Waals surface area (Å²) >= 11 is 0. The number of methoxy groups -OCH3 is 2. The fourth-order valence-electron chi connectivity index (χ4n) is 2.80. The summed E-state index contributed by atoms with van der Waals surface area (Å²) in [4.78, 5) is 25.1. The number of anilines is 1. The van der Waals surface area contributed by atoms with E-state index in [0.717, 1.165) is 5.39 Å². The Morgan fingerprint density at radius 2 is 1.79 bits per heavy atom. The minimum Gasteiger partial charge on any atom is -0.495 e. The highest BCUT2D eigenvalue weighted by molar-refractivity contribution is 6.00. The monoisotopic (exact) mass is 383 g/mol. The van der Waals surface area contributed by atoms with Crippen LogP contribution < -0.4 is 10.1 Å². The van der Waals surface area contributed by atoms with Crippen LogP contribution >= 0.6 is 0 Å². The third-order valence-electron chi connectivity index (χ3n) is 4.19. The van der Waals surface area contributed by atoms with E-state index in [0.29, 0.717) is 22.6 Å². The Morgan fingerprint density at radius 1 is 1.07 bits per heavy atom. The summed E-state index contributed by atoms with van der Waals surface area (Å²) in [6, 6.07) is 14.2. The van der Waals surface area contributed by atoms with Crippen LogP contribution in [0.4, 0.5) is 5.69 Å². The molecular weight excluding hydrogens is 362 g/mol. The Kier molecular flexibility index (Phi) is 5.96. The summed E-state index contributed by atoms with van der Waals surface area (Å²) < 4.78 is 21.3. The first-order valence-corrected chi connectivity index (χ1v) is 8.69. The third kappa shape index (κ3) is 3.99. The molecule has 2 aromatic carbocycles. The number of amides is 1. The minimum atomic E-state index is -1.04. The molecule has 146 valence electrons. The molecule has 0 aliphatic carbocycles. The zero-order chi connectivity index (χ0) is 20.1. The molecule has 0 saturated carbocycles. The molecule has 3 aromatic rings. The lowest BCUT2D eigenvalue weighted by molar-refractivity contribution is -0.123. The van der Waals surface area contributed by atoms with Crippen molar-refractivity contribution in [1.82, 2.24) is 0 Å². The topological polar surface area (TPSA) is 87.0 Å². The second-order valence-corrected chi connectivity index (χ2v) is 6.08. The van der Waals surface area contributed by atoms with Crippen molar-refractivity contribution in [3.05, 3.63) is 59.9 Å². The van der Waals surface area contributed by atoms with Gasteiger partial charge in [0.2, 0.25) is 5.76 Å². The van der Waals surface area contributed by atoms with Crippen LogP contribution in [-0.4, -0.2) is 32.2 Å². The van der Waals surface area contributed by atoms with Gasteiger partial charge in [-0.05, 0) is 25.1 Å². The molecule has 0 aliphatic rings. The summed E-state index contributed by atoms with van der Waals surface area (Å²) in [6.45, 7) is 1.67. The first-order valence-electron chi connectivity index (χ1n) is 8.69. The quantitative estimate of drug-likeness (QED) is 0.625. The van der Waals surface area contributed by atoms with Gasteiger partial charge in [0.05, 0.1) is 19.4 Å². The average Bonchev–Trinajstić information content (AvgIpc) is 3.07. The van der Waals surface area contributed by atoms with E-state index >= 15 is 0 Å². The lowest BCUT2D eigenvalue weighted by Gasteiger charge is -2.14. The maximum Gasteiger partial charge on any atom is 0.375 e. The number of fused-ring (bicyclic) bond motifs is 1. The van der Waals surface area contributed by atoms with Crippen molar-refractivity contribution in [3.8, 4) is 5.75 Å². The number of carbonyl (C=O) groups excluding carboxylic acids is 2. The van der Waals surface area contributed by atoms with E-state index < -0.39 is 18.0 Å². The number of ether oxygens (including phenoxy) is 3. The van der Waals surface area contributed by atoms with Crippen molar-refractivity contribution in [2.45, 2.75) is 19.6 Å². The van der Waals surface area contributed by atoms with Crippen LogP contribution in [-0.2, 0) is 20.9 Å². The van der Waals surface area contributed by atoms with Gasteiger partial charge in [-0.1, -0.05) is 30.3 Å². The number of esters is 1. The van der Waals surface area contributed by atoms with E-state index in [2.05, 4.69) is 5.32 Å². The van der Waals surface area contributed by atoms with Gasteiger partial charge in [0.15, 0.2) is 6.10 Å². The predicted molar refractivity (Wildman–Crippen MR) is 103 cm³/mol. The van der Waals surface area contributed by atoms with Gasteiger partial charge in [0.25, 0.3) is 5.91 Å². The van der Waals surface area contributed by atoms with Gasteiger partial charge in [0, 0.05) is 18.1 Å². The molecule has 0 radical (unpaired) electrons. The van der Waals surface area contributed by atoms with Crippen LogP contribution in [0.5, 0.6) is 5.75 Å². The van der Waals surface area contributed by atoms with Crippen LogP contribution in [0.25, 0.3) is 11.0 Å². The Labute approximate surface area is 162 Å². The van der Waals surface area contributed by atoms with Crippen molar-refractivity contribution in [3.63, 3.8) is 0 Å². The smallest absolute Gasteiger partial charge is 0.375 e. The molecule has 0 bridgehead atoms. The number of furan rings is 1. The second kappa shape index (κ2) is 8.58. The van der Waals surface area contributed by atoms with E-state index in [9.17, 15) is 9.59 Å². The molecule has 0 unspecified atom stereocenters. The first-order chi connectivity index (χ1) is 13.5. The van der Waals surface area contributed by atoms with Gasteiger partial charge in [-0.25, -0.2) is 4.79 Å². The van der Waals surface area contributed by atoms with E-state index in [1.54, 1.807) is 36.4 Å². The SMILES string of the molecule is COCc1c(C(=O)O[C@H](C)C(=O)Nc2ccccc2OC)oc2ccccc12.